The molecular formula is C16H13BrOS2. The van der Waals surface area contributed by atoms with Crippen molar-refractivity contribution in [3.05, 3.63) is 63.0 Å². The van der Waals surface area contributed by atoms with Crippen molar-refractivity contribution in [2.45, 2.75) is 11.9 Å². The summed E-state index contributed by atoms with van der Waals surface area (Å²) in [5.74, 6) is 0.924. The van der Waals surface area contributed by atoms with E-state index in [1.165, 1.54) is 21.6 Å². The third kappa shape index (κ3) is 3.32. The highest BCUT2D eigenvalue weighted by Gasteiger charge is 2.04. The second-order valence-electron chi connectivity index (χ2n) is 4.38. The maximum absolute atomic E-state index is 5.86. The lowest BCUT2D eigenvalue weighted by Gasteiger charge is -2.05. The first-order valence-electron chi connectivity index (χ1n) is 6.23. The van der Waals surface area contributed by atoms with Crippen LogP contribution in [-0.2, 0) is 11.9 Å². The van der Waals surface area contributed by atoms with Gasteiger partial charge < -0.3 is 4.74 Å². The standard InChI is InChI=1S/C16H13BrOS2/c17-8-12-2-1-3-15(6-12)18-9-16-7-14(11-20-16)13-4-5-19-10-13/h1-7,10-11H,8-9H2. The summed E-state index contributed by atoms with van der Waals surface area (Å²) in [5, 5.41) is 7.32. The Morgan fingerprint density at radius 2 is 2.00 bits per heavy atom. The molecule has 0 saturated heterocycles. The van der Waals surface area contributed by atoms with Crippen LogP contribution in [0.1, 0.15) is 10.4 Å². The Morgan fingerprint density at radius 3 is 2.80 bits per heavy atom. The molecule has 0 saturated carbocycles. The summed E-state index contributed by atoms with van der Waals surface area (Å²) >= 11 is 6.93. The first-order chi connectivity index (χ1) is 9.85. The SMILES string of the molecule is BrCc1cccc(OCc2cc(-c3ccsc3)cs2)c1. The number of hydrogen-bond donors (Lipinski definition) is 0. The molecule has 4 heteroatoms. The fourth-order valence-corrected chi connectivity index (χ4v) is 3.73. The molecule has 0 atom stereocenters. The van der Waals surface area contributed by atoms with Gasteiger partial charge in [0.15, 0.2) is 0 Å². The van der Waals surface area contributed by atoms with Gasteiger partial charge in [0.05, 0.1) is 0 Å². The van der Waals surface area contributed by atoms with Crippen LogP contribution in [0, 0.1) is 0 Å². The molecule has 2 aromatic heterocycles. The van der Waals surface area contributed by atoms with Gasteiger partial charge in [-0.05, 0) is 57.1 Å². The minimum absolute atomic E-state index is 0.626. The van der Waals surface area contributed by atoms with Crippen LogP contribution in [0.2, 0.25) is 0 Å². The van der Waals surface area contributed by atoms with Crippen LogP contribution in [0.3, 0.4) is 0 Å². The van der Waals surface area contributed by atoms with Gasteiger partial charge in [-0.2, -0.15) is 11.3 Å². The lowest BCUT2D eigenvalue weighted by molar-refractivity contribution is 0.309. The number of thiophene rings is 2. The number of ether oxygens (including phenoxy) is 1. The Bertz CT molecular complexity index is 673. The quantitative estimate of drug-likeness (QED) is 0.508. The molecular weight excluding hydrogens is 352 g/mol. The average Bonchev–Trinajstić information content (AvgIpc) is 3.16. The second-order valence-corrected chi connectivity index (χ2v) is 6.72. The maximum atomic E-state index is 5.86. The highest BCUT2D eigenvalue weighted by atomic mass is 79.9. The molecule has 0 aliphatic carbocycles. The Balaban J connectivity index is 1.66. The zero-order valence-corrected chi connectivity index (χ0v) is 13.9. The topological polar surface area (TPSA) is 9.23 Å². The van der Waals surface area contributed by atoms with E-state index in [4.69, 9.17) is 4.74 Å². The Labute approximate surface area is 135 Å². The lowest BCUT2D eigenvalue weighted by atomic mass is 10.2. The van der Waals surface area contributed by atoms with Gasteiger partial charge in [-0.3, -0.25) is 0 Å². The van der Waals surface area contributed by atoms with E-state index in [1.807, 2.05) is 12.1 Å². The molecule has 0 fully saturated rings. The first kappa shape index (κ1) is 13.9. The van der Waals surface area contributed by atoms with Gasteiger partial charge in [0.25, 0.3) is 0 Å². The number of benzene rings is 1. The van der Waals surface area contributed by atoms with Crippen molar-refractivity contribution in [1.29, 1.82) is 0 Å². The zero-order chi connectivity index (χ0) is 13.8. The summed E-state index contributed by atoms with van der Waals surface area (Å²) in [4.78, 5) is 1.25. The largest absolute Gasteiger partial charge is 0.488 e. The molecule has 20 heavy (non-hydrogen) atoms. The van der Waals surface area contributed by atoms with Gasteiger partial charge in [-0.15, -0.1) is 11.3 Å². The normalized spacial score (nSPS) is 10.7. The van der Waals surface area contributed by atoms with Gasteiger partial charge in [0, 0.05) is 10.2 Å². The van der Waals surface area contributed by atoms with Crippen molar-refractivity contribution in [2.24, 2.45) is 0 Å². The van der Waals surface area contributed by atoms with Crippen LogP contribution in [-0.4, -0.2) is 0 Å². The van der Waals surface area contributed by atoms with E-state index < -0.39 is 0 Å². The molecule has 0 amide bonds. The third-order valence-electron chi connectivity index (χ3n) is 2.94. The molecule has 0 aliphatic rings. The fraction of sp³-hybridized carbons (Fsp3) is 0.125. The van der Waals surface area contributed by atoms with E-state index >= 15 is 0 Å². The number of halogens is 1. The first-order valence-corrected chi connectivity index (χ1v) is 9.17. The van der Waals surface area contributed by atoms with E-state index in [0.717, 1.165) is 11.1 Å². The third-order valence-corrected chi connectivity index (χ3v) is 5.18. The summed E-state index contributed by atoms with van der Waals surface area (Å²) in [6.07, 6.45) is 0. The summed E-state index contributed by atoms with van der Waals surface area (Å²) in [6, 6.07) is 12.5. The predicted molar refractivity (Wildman–Crippen MR) is 91.0 cm³/mol. The number of alkyl halides is 1. The van der Waals surface area contributed by atoms with Crippen molar-refractivity contribution in [3.8, 4) is 16.9 Å². The zero-order valence-electron chi connectivity index (χ0n) is 10.7. The van der Waals surface area contributed by atoms with Crippen LogP contribution in [0.5, 0.6) is 5.75 Å². The maximum Gasteiger partial charge on any atom is 0.122 e. The smallest absolute Gasteiger partial charge is 0.122 e. The van der Waals surface area contributed by atoms with Crippen molar-refractivity contribution >= 4 is 38.6 Å². The van der Waals surface area contributed by atoms with Crippen LogP contribution < -0.4 is 4.74 Å². The van der Waals surface area contributed by atoms with E-state index in [9.17, 15) is 0 Å². The number of hydrogen-bond acceptors (Lipinski definition) is 3. The van der Waals surface area contributed by atoms with Crippen LogP contribution >= 0.6 is 38.6 Å². The van der Waals surface area contributed by atoms with Crippen molar-refractivity contribution in [1.82, 2.24) is 0 Å². The molecule has 2 heterocycles. The van der Waals surface area contributed by atoms with Crippen molar-refractivity contribution < 1.29 is 4.74 Å². The van der Waals surface area contributed by atoms with Gasteiger partial charge >= 0.3 is 0 Å². The lowest BCUT2D eigenvalue weighted by Crippen LogP contribution is -1.93. The molecule has 0 bridgehead atoms. The van der Waals surface area contributed by atoms with Crippen molar-refractivity contribution in [2.75, 3.05) is 0 Å². The minimum atomic E-state index is 0.626. The molecule has 1 nitrogen and oxygen atoms in total. The van der Waals surface area contributed by atoms with E-state index in [2.05, 4.69) is 56.3 Å². The monoisotopic (exact) mass is 364 g/mol. The fourth-order valence-electron chi connectivity index (χ4n) is 1.91. The van der Waals surface area contributed by atoms with E-state index in [-0.39, 0.29) is 0 Å². The van der Waals surface area contributed by atoms with E-state index in [0.29, 0.717) is 6.61 Å². The van der Waals surface area contributed by atoms with Crippen LogP contribution in [0.15, 0.2) is 52.5 Å². The molecule has 102 valence electrons. The van der Waals surface area contributed by atoms with Crippen LogP contribution in [0.4, 0.5) is 0 Å². The number of rotatable bonds is 5. The Kier molecular flexibility index (Phi) is 4.55. The Hall–Kier alpha value is -1.10. The molecule has 0 radical (unpaired) electrons. The molecule has 0 aliphatic heterocycles. The predicted octanol–water partition coefficient (Wildman–Crippen LogP) is 5.95. The molecule has 0 spiro atoms. The van der Waals surface area contributed by atoms with Crippen LogP contribution in [0.25, 0.3) is 11.1 Å². The molecule has 0 unspecified atom stereocenters. The Morgan fingerprint density at radius 1 is 1.05 bits per heavy atom. The highest BCUT2D eigenvalue weighted by molar-refractivity contribution is 9.08. The van der Waals surface area contributed by atoms with Crippen molar-refractivity contribution in [3.63, 3.8) is 0 Å². The second kappa shape index (κ2) is 6.57. The summed E-state index contributed by atoms with van der Waals surface area (Å²) < 4.78 is 5.86. The summed E-state index contributed by atoms with van der Waals surface area (Å²) in [6.45, 7) is 0.626. The molecule has 3 aromatic rings. The minimum Gasteiger partial charge on any atom is -0.488 e. The molecule has 0 N–H and O–H groups in total. The van der Waals surface area contributed by atoms with Gasteiger partial charge in [0.2, 0.25) is 0 Å². The average molecular weight is 365 g/mol. The molecule has 3 rings (SSSR count). The summed E-state index contributed by atoms with van der Waals surface area (Å²) in [7, 11) is 0. The van der Waals surface area contributed by atoms with Gasteiger partial charge in [-0.25, -0.2) is 0 Å². The summed E-state index contributed by atoms with van der Waals surface area (Å²) in [5.41, 5.74) is 3.80. The highest BCUT2D eigenvalue weighted by Crippen LogP contribution is 2.28. The van der Waals surface area contributed by atoms with Gasteiger partial charge in [-0.1, -0.05) is 28.1 Å². The van der Waals surface area contributed by atoms with Gasteiger partial charge in [0.1, 0.15) is 12.4 Å². The van der Waals surface area contributed by atoms with E-state index in [1.54, 1.807) is 22.7 Å². The molecule has 1 aromatic carbocycles.